The van der Waals surface area contributed by atoms with E-state index in [-0.39, 0.29) is 5.24 Å². The number of halogens is 2. The second kappa shape index (κ2) is 5.54. The Morgan fingerprint density at radius 3 is 2.40 bits per heavy atom. The van der Waals surface area contributed by atoms with Crippen LogP contribution in [0.25, 0.3) is 0 Å². The second-order valence-electron chi connectivity index (χ2n) is 6.16. The molecule has 3 atom stereocenters. The van der Waals surface area contributed by atoms with Crippen molar-refractivity contribution >= 4 is 28.4 Å². The Balaban J connectivity index is 1.85. The average Bonchev–Trinajstić information content (AvgIpc) is 2.43. The number of carbonyl (C=O) groups excluding carboxylic acids is 1. The largest absolute Gasteiger partial charge is 0.276 e. The zero-order valence-electron chi connectivity index (χ0n) is 11.5. The van der Waals surface area contributed by atoms with Crippen LogP contribution < -0.4 is 0 Å². The van der Waals surface area contributed by atoms with Gasteiger partial charge < -0.3 is 0 Å². The molecule has 0 aliphatic heterocycles. The summed E-state index contributed by atoms with van der Waals surface area (Å²) in [7, 11) is 0. The molecule has 0 heterocycles. The summed E-state index contributed by atoms with van der Waals surface area (Å²) in [5, 5.41) is 0.540. The first-order chi connectivity index (χ1) is 9.54. The summed E-state index contributed by atoms with van der Waals surface area (Å²) in [6.45, 7) is 2.08. The molecule has 2 bridgehead atoms. The Kier molecular flexibility index (Phi) is 3.92. The number of benzene rings is 1. The number of allylic oxidation sites excluding steroid dienone is 2. The highest BCUT2D eigenvalue weighted by molar-refractivity contribution is 6.67. The summed E-state index contributed by atoms with van der Waals surface area (Å²) >= 11 is 11.7. The van der Waals surface area contributed by atoms with Crippen molar-refractivity contribution in [3.05, 3.63) is 46.0 Å². The fraction of sp³-hybridized carbons (Fsp3) is 0.471. The fourth-order valence-electron chi connectivity index (χ4n) is 3.90. The lowest BCUT2D eigenvalue weighted by atomic mass is 9.65. The third kappa shape index (κ3) is 2.66. The van der Waals surface area contributed by atoms with Crippen LogP contribution in [0.15, 0.2) is 35.4 Å². The van der Waals surface area contributed by atoms with Gasteiger partial charge in [-0.05, 0) is 79.7 Å². The van der Waals surface area contributed by atoms with Crippen LogP contribution in [0.5, 0.6) is 0 Å². The first-order valence-corrected chi connectivity index (χ1v) is 7.95. The zero-order chi connectivity index (χ0) is 14.3. The Labute approximate surface area is 130 Å². The van der Waals surface area contributed by atoms with E-state index >= 15 is 0 Å². The van der Waals surface area contributed by atoms with Gasteiger partial charge in [0, 0.05) is 10.6 Å². The summed E-state index contributed by atoms with van der Waals surface area (Å²) in [6.07, 6.45) is 4.34. The van der Waals surface area contributed by atoms with Crippen molar-refractivity contribution in [1.29, 1.82) is 0 Å². The van der Waals surface area contributed by atoms with Crippen molar-refractivity contribution in [3.63, 3.8) is 0 Å². The first-order valence-electron chi connectivity index (χ1n) is 7.19. The number of hydrogen-bond acceptors (Lipinski definition) is 1. The Hall–Kier alpha value is -0.790. The van der Waals surface area contributed by atoms with Crippen LogP contribution in [0.2, 0.25) is 5.02 Å². The van der Waals surface area contributed by atoms with Crippen molar-refractivity contribution in [1.82, 2.24) is 0 Å². The standard InChI is InChI=1S/C17H18Cl2O/c1-10-13-6-11(8-16(10)17(19)20)7-14(9-13)12-2-4-15(18)5-3-12/h2-5,11,13-14H,6-9H2,1H3. The molecule has 1 saturated carbocycles. The Morgan fingerprint density at radius 2 is 1.75 bits per heavy atom. The molecular formula is C17H18Cl2O. The van der Waals surface area contributed by atoms with Crippen LogP contribution in [-0.4, -0.2) is 5.24 Å². The van der Waals surface area contributed by atoms with Gasteiger partial charge in [0.05, 0.1) is 0 Å². The Morgan fingerprint density at radius 1 is 1.10 bits per heavy atom. The molecule has 2 aliphatic rings. The second-order valence-corrected chi connectivity index (χ2v) is 6.94. The van der Waals surface area contributed by atoms with Gasteiger partial charge in [-0.1, -0.05) is 29.3 Å². The van der Waals surface area contributed by atoms with Gasteiger partial charge in [0.25, 0.3) is 0 Å². The molecule has 2 aliphatic carbocycles. The molecule has 0 spiro atoms. The van der Waals surface area contributed by atoms with E-state index < -0.39 is 0 Å². The van der Waals surface area contributed by atoms with E-state index in [1.54, 1.807) is 0 Å². The van der Waals surface area contributed by atoms with Crippen molar-refractivity contribution in [2.75, 3.05) is 0 Å². The lowest BCUT2D eigenvalue weighted by Crippen LogP contribution is -2.28. The monoisotopic (exact) mass is 308 g/mol. The van der Waals surface area contributed by atoms with E-state index in [1.807, 2.05) is 12.1 Å². The van der Waals surface area contributed by atoms with E-state index in [2.05, 4.69) is 19.1 Å². The molecule has 1 fully saturated rings. The minimum absolute atomic E-state index is 0.248. The van der Waals surface area contributed by atoms with Crippen LogP contribution >= 0.6 is 23.2 Å². The molecule has 1 aromatic carbocycles. The highest BCUT2D eigenvalue weighted by atomic mass is 35.5. The number of fused-ring (bicyclic) bond motifs is 2. The molecule has 3 heteroatoms. The molecule has 0 amide bonds. The molecule has 20 heavy (non-hydrogen) atoms. The van der Waals surface area contributed by atoms with Crippen molar-refractivity contribution < 1.29 is 4.79 Å². The molecule has 3 unspecified atom stereocenters. The van der Waals surface area contributed by atoms with Crippen LogP contribution in [0.3, 0.4) is 0 Å². The smallest absolute Gasteiger partial charge is 0.248 e. The minimum Gasteiger partial charge on any atom is -0.276 e. The number of carbonyl (C=O) groups is 1. The van der Waals surface area contributed by atoms with Gasteiger partial charge in [-0.2, -0.15) is 0 Å². The highest BCUT2D eigenvalue weighted by Crippen LogP contribution is 2.48. The molecule has 1 nitrogen and oxygen atoms in total. The van der Waals surface area contributed by atoms with Gasteiger partial charge in [-0.3, -0.25) is 4.79 Å². The predicted molar refractivity (Wildman–Crippen MR) is 83.2 cm³/mol. The summed E-state index contributed by atoms with van der Waals surface area (Å²) < 4.78 is 0. The molecule has 106 valence electrons. The van der Waals surface area contributed by atoms with Crippen LogP contribution in [0.4, 0.5) is 0 Å². The normalized spacial score (nSPS) is 29.4. The molecule has 0 radical (unpaired) electrons. The molecule has 3 rings (SSSR count). The maximum atomic E-state index is 11.5. The fourth-order valence-corrected chi connectivity index (χ4v) is 4.25. The zero-order valence-corrected chi connectivity index (χ0v) is 13.0. The number of hydrogen-bond donors (Lipinski definition) is 0. The average molecular weight is 309 g/mol. The summed E-state index contributed by atoms with van der Waals surface area (Å²) in [4.78, 5) is 11.5. The SMILES string of the molecule is CC1=C(C(=O)Cl)CC2CC1CC(c1ccc(Cl)cc1)C2. The van der Waals surface area contributed by atoms with Gasteiger partial charge in [0.2, 0.25) is 5.24 Å². The maximum Gasteiger partial charge on any atom is 0.248 e. The third-order valence-corrected chi connectivity index (χ3v) is 5.44. The molecule has 0 aromatic heterocycles. The van der Waals surface area contributed by atoms with E-state index in [0.717, 1.165) is 29.9 Å². The molecule has 1 aromatic rings. The van der Waals surface area contributed by atoms with Gasteiger partial charge in [0.15, 0.2) is 0 Å². The first kappa shape index (κ1) is 14.2. The summed E-state index contributed by atoms with van der Waals surface area (Å²) in [5.41, 5.74) is 3.47. The van der Waals surface area contributed by atoms with Gasteiger partial charge in [-0.15, -0.1) is 0 Å². The molecular weight excluding hydrogens is 291 g/mol. The third-order valence-electron chi connectivity index (χ3n) is 4.96. The van der Waals surface area contributed by atoms with Crippen molar-refractivity contribution in [2.24, 2.45) is 11.8 Å². The number of rotatable bonds is 2. The Bertz CT molecular complexity index is 559. The van der Waals surface area contributed by atoms with Crippen molar-refractivity contribution in [3.8, 4) is 0 Å². The lowest BCUT2D eigenvalue weighted by molar-refractivity contribution is -0.109. The predicted octanol–water partition coefficient (Wildman–Crippen LogP) is 5.33. The van der Waals surface area contributed by atoms with Gasteiger partial charge in [-0.25, -0.2) is 0 Å². The highest BCUT2D eigenvalue weighted by Gasteiger charge is 2.36. The minimum atomic E-state index is -0.248. The molecule has 0 saturated heterocycles. The van der Waals surface area contributed by atoms with E-state index in [4.69, 9.17) is 23.2 Å². The van der Waals surface area contributed by atoms with Gasteiger partial charge in [0.1, 0.15) is 0 Å². The summed E-state index contributed by atoms with van der Waals surface area (Å²) in [5.74, 6) is 1.69. The molecule has 0 N–H and O–H groups in total. The van der Waals surface area contributed by atoms with Crippen LogP contribution in [0.1, 0.15) is 44.1 Å². The van der Waals surface area contributed by atoms with E-state index in [0.29, 0.717) is 17.8 Å². The van der Waals surface area contributed by atoms with E-state index in [1.165, 1.54) is 17.6 Å². The van der Waals surface area contributed by atoms with Crippen LogP contribution in [-0.2, 0) is 4.79 Å². The van der Waals surface area contributed by atoms with Crippen molar-refractivity contribution in [2.45, 2.75) is 38.5 Å². The maximum absolute atomic E-state index is 11.5. The topological polar surface area (TPSA) is 17.1 Å². The van der Waals surface area contributed by atoms with Crippen LogP contribution in [0, 0.1) is 11.8 Å². The summed E-state index contributed by atoms with van der Waals surface area (Å²) in [6, 6.07) is 8.22. The van der Waals surface area contributed by atoms with E-state index in [9.17, 15) is 4.79 Å². The lowest BCUT2D eigenvalue weighted by Gasteiger charge is -2.40. The van der Waals surface area contributed by atoms with Gasteiger partial charge >= 0.3 is 0 Å². The quantitative estimate of drug-likeness (QED) is 0.675.